The number of hydrogen-bond acceptors (Lipinski definition) is 2. The standard InChI is InChI=1S/C14H14O2Si/c15-13(10-6-2-1-3-7-10)14(16)11-8-4-5-9-12(11)17/h1-9,13,15H,17H3. The zero-order valence-electron chi connectivity index (χ0n) is 9.63. The fourth-order valence-electron chi connectivity index (χ4n) is 1.78. The first-order valence-electron chi connectivity index (χ1n) is 5.53. The maximum absolute atomic E-state index is 12.1. The minimum Gasteiger partial charge on any atom is -0.380 e. The highest BCUT2D eigenvalue weighted by Gasteiger charge is 2.19. The van der Waals surface area contributed by atoms with Crippen LogP contribution in [0.15, 0.2) is 54.6 Å². The van der Waals surface area contributed by atoms with Crippen molar-refractivity contribution in [2.75, 3.05) is 0 Å². The summed E-state index contributed by atoms with van der Waals surface area (Å²) >= 11 is 0. The zero-order chi connectivity index (χ0) is 12.3. The third-order valence-corrected chi connectivity index (χ3v) is 3.65. The van der Waals surface area contributed by atoms with E-state index in [9.17, 15) is 9.90 Å². The van der Waals surface area contributed by atoms with Gasteiger partial charge in [-0.05, 0) is 5.56 Å². The minimum atomic E-state index is -1.06. The van der Waals surface area contributed by atoms with Gasteiger partial charge >= 0.3 is 0 Å². The molecule has 2 aromatic rings. The Hall–Kier alpha value is -1.71. The lowest BCUT2D eigenvalue weighted by Crippen LogP contribution is -2.21. The molecule has 0 radical (unpaired) electrons. The summed E-state index contributed by atoms with van der Waals surface area (Å²) in [4.78, 5) is 12.1. The second-order valence-corrected chi connectivity index (χ2v) is 5.07. The summed E-state index contributed by atoms with van der Waals surface area (Å²) in [6.45, 7) is 0. The van der Waals surface area contributed by atoms with Crippen LogP contribution in [0.2, 0.25) is 0 Å². The minimum absolute atomic E-state index is 0.221. The van der Waals surface area contributed by atoms with E-state index >= 15 is 0 Å². The van der Waals surface area contributed by atoms with Gasteiger partial charge < -0.3 is 5.11 Å². The van der Waals surface area contributed by atoms with Gasteiger partial charge in [0.2, 0.25) is 0 Å². The maximum atomic E-state index is 12.1. The lowest BCUT2D eigenvalue weighted by atomic mass is 10.00. The summed E-state index contributed by atoms with van der Waals surface area (Å²) in [5.41, 5.74) is 1.28. The largest absolute Gasteiger partial charge is 0.380 e. The number of Topliss-reactive ketones (excluding diaryl/α,β-unsaturated/α-hetero) is 1. The quantitative estimate of drug-likeness (QED) is 0.632. The van der Waals surface area contributed by atoms with Crippen molar-refractivity contribution < 1.29 is 9.90 Å². The average molecular weight is 242 g/mol. The molecule has 1 unspecified atom stereocenters. The van der Waals surface area contributed by atoms with Crippen molar-refractivity contribution in [1.29, 1.82) is 0 Å². The molecule has 0 bridgehead atoms. The van der Waals surface area contributed by atoms with Crippen molar-refractivity contribution in [3.05, 3.63) is 65.7 Å². The first-order chi connectivity index (χ1) is 8.20. The van der Waals surface area contributed by atoms with Crippen LogP contribution in [0.4, 0.5) is 0 Å². The molecule has 0 saturated carbocycles. The summed E-state index contributed by atoms with van der Waals surface area (Å²) in [5.74, 6) is -0.221. The van der Waals surface area contributed by atoms with Gasteiger partial charge in [0, 0.05) is 15.8 Å². The molecule has 0 aromatic heterocycles. The van der Waals surface area contributed by atoms with E-state index in [4.69, 9.17) is 0 Å². The monoisotopic (exact) mass is 242 g/mol. The van der Waals surface area contributed by atoms with E-state index in [1.165, 1.54) is 0 Å². The van der Waals surface area contributed by atoms with Crippen molar-refractivity contribution in [2.45, 2.75) is 6.10 Å². The van der Waals surface area contributed by atoms with Crippen LogP contribution in [0.25, 0.3) is 0 Å². The summed E-state index contributed by atoms with van der Waals surface area (Å²) in [6, 6.07) is 16.5. The number of carbonyl (C=O) groups excluding carboxylic acids is 1. The maximum Gasteiger partial charge on any atom is 0.195 e. The molecule has 0 aliphatic heterocycles. The van der Waals surface area contributed by atoms with E-state index in [0.29, 0.717) is 11.1 Å². The highest BCUT2D eigenvalue weighted by molar-refractivity contribution is 6.36. The highest BCUT2D eigenvalue weighted by Crippen LogP contribution is 2.16. The summed E-state index contributed by atoms with van der Waals surface area (Å²) in [6.07, 6.45) is -1.06. The van der Waals surface area contributed by atoms with Crippen molar-refractivity contribution in [3.63, 3.8) is 0 Å². The fraction of sp³-hybridized carbons (Fsp3) is 0.0714. The van der Waals surface area contributed by atoms with Crippen molar-refractivity contribution in [3.8, 4) is 0 Å². The Kier molecular flexibility index (Phi) is 3.51. The molecule has 3 heteroatoms. The molecule has 1 N–H and O–H groups in total. The molecular weight excluding hydrogens is 228 g/mol. The number of aliphatic hydroxyl groups is 1. The van der Waals surface area contributed by atoms with Gasteiger partial charge in [-0.1, -0.05) is 59.8 Å². The predicted octanol–water partition coefficient (Wildman–Crippen LogP) is 0.594. The second kappa shape index (κ2) is 5.08. The van der Waals surface area contributed by atoms with Gasteiger partial charge in [-0.3, -0.25) is 4.79 Å². The Morgan fingerprint density at radius 2 is 1.59 bits per heavy atom. The topological polar surface area (TPSA) is 37.3 Å². The van der Waals surface area contributed by atoms with Crippen LogP contribution in [0.1, 0.15) is 22.0 Å². The normalized spacial score (nSPS) is 12.3. The molecule has 86 valence electrons. The van der Waals surface area contributed by atoms with Crippen LogP contribution in [0.3, 0.4) is 0 Å². The number of ketones is 1. The lowest BCUT2D eigenvalue weighted by molar-refractivity contribution is 0.0749. The first-order valence-corrected chi connectivity index (χ1v) is 6.53. The van der Waals surface area contributed by atoms with E-state index in [1.54, 1.807) is 18.2 Å². The Morgan fingerprint density at radius 3 is 2.24 bits per heavy atom. The molecule has 0 saturated heterocycles. The molecule has 0 spiro atoms. The van der Waals surface area contributed by atoms with E-state index in [2.05, 4.69) is 0 Å². The van der Waals surface area contributed by atoms with Gasteiger partial charge in [0.1, 0.15) is 6.10 Å². The van der Waals surface area contributed by atoms with Crippen LogP contribution in [0.5, 0.6) is 0 Å². The molecule has 0 heterocycles. The number of benzene rings is 2. The highest BCUT2D eigenvalue weighted by atomic mass is 28.1. The Balaban J connectivity index is 2.30. The second-order valence-electron chi connectivity index (χ2n) is 3.99. The molecule has 1 atom stereocenters. The Morgan fingerprint density at radius 1 is 1.00 bits per heavy atom. The number of rotatable bonds is 3. The smallest absolute Gasteiger partial charge is 0.195 e. The Bertz CT molecular complexity index is 523. The lowest BCUT2D eigenvalue weighted by Gasteiger charge is -2.11. The van der Waals surface area contributed by atoms with E-state index in [0.717, 1.165) is 15.4 Å². The van der Waals surface area contributed by atoms with Crippen LogP contribution >= 0.6 is 0 Å². The van der Waals surface area contributed by atoms with Crippen molar-refractivity contribution in [1.82, 2.24) is 0 Å². The molecule has 2 nitrogen and oxygen atoms in total. The number of aliphatic hydroxyl groups excluding tert-OH is 1. The fourth-order valence-corrected chi connectivity index (χ4v) is 2.39. The summed E-state index contributed by atoms with van der Waals surface area (Å²) in [7, 11) is 0.800. The molecule has 0 fully saturated rings. The number of hydrogen-bond donors (Lipinski definition) is 1. The van der Waals surface area contributed by atoms with Gasteiger partial charge in [0.15, 0.2) is 5.78 Å². The van der Waals surface area contributed by atoms with E-state index in [1.807, 2.05) is 36.4 Å². The van der Waals surface area contributed by atoms with Gasteiger partial charge in [0.05, 0.1) is 0 Å². The van der Waals surface area contributed by atoms with Crippen LogP contribution < -0.4 is 5.19 Å². The molecule has 0 aliphatic carbocycles. The van der Waals surface area contributed by atoms with Crippen molar-refractivity contribution in [2.24, 2.45) is 0 Å². The summed E-state index contributed by atoms with van der Waals surface area (Å²) in [5, 5.41) is 11.1. The van der Waals surface area contributed by atoms with Gasteiger partial charge in [0.25, 0.3) is 0 Å². The third kappa shape index (κ3) is 2.51. The predicted molar refractivity (Wildman–Crippen MR) is 71.7 cm³/mol. The average Bonchev–Trinajstić information content (AvgIpc) is 2.39. The zero-order valence-corrected chi connectivity index (χ0v) is 11.6. The SMILES string of the molecule is O=C(c1ccccc1[SiH3])C(O)c1ccccc1. The van der Waals surface area contributed by atoms with Gasteiger partial charge in [-0.25, -0.2) is 0 Å². The van der Waals surface area contributed by atoms with E-state index in [-0.39, 0.29) is 5.78 Å². The Labute approximate surface area is 103 Å². The molecule has 17 heavy (non-hydrogen) atoms. The molecule has 0 amide bonds. The number of carbonyl (C=O) groups is 1. The molecule has 2 rings (SSSR count). The molecule has 2 aromatic carbocycles. The molecular formula is C14H14O2Si. The van der Waals surface area contributed by atoms with Gasteiger partial charge in [-0.2, -0.15) is 0 Å². The van der Waals surface area contributed by atoms with Crippen molar-refractivity contribution >= 4 is 21.2 Å². The summed E-state index contributed by atoms with van der Waals surface area (Å²) < 4.78 is 0. The first kappa shape index (κ1) is 11.8. The third-order valence-electron chi connectivity index (χ3n) is 2.77. The van der Waals surface area contributed by atoms with Crippen LogP contribution in [-0.4, -0.2) is 21.1 Å². The van der Waals surface area contributed by atoms with Gasteiger partial charge in [-0.15, -0.1) is 0 Å². The van der Waals surface area contributed by atoms with Crippen LogP contribution in [-0.2, 0) is 0 Å². The van der Waals surface area contributed by atoms with E-state index < -0.39 is 6.10 Å². The molecule has 0 aliphatic rings. The van der Waals surface area contributed by atoms with Crippen LogP contribution in [0, 0.1) is 0 Å².